The van der Waals surface area contributed by atoms with Gasteiger partial charge in [0, 0.05) is 23.5 Å². The predicted octanol–water partition coefficient (Wildman–Crippen LogP) is 6.43. The highest BCUT2D eigenvalue weighted by Crippen LogP contribution is 2.28. The molecule has 0 aliphatic heterocycles. The van der Waals surface area contributed by atoms with Gasteiger partial charge in [0.2, 0.25) is 11.8 Å². The van der Waals surface area contributed by atoms with Crippen molar-refractivity contribution in [3.63, 3.8) is 0 Å². The van der Waals surface area contributed by atoms with Gasteiger partial charge in [-0.1, -0.05) is 94.3 Å². The smallest absolute Gasteiger partial charge is 0.264 e. The molecule has 4 aromatic carbocycles. The number of nitrogens with one attached hydrogen (secondary N) is 1. The molecule has 4 aromatic rings. The Morgan fingerprint density at radius 2 is 1.43 bits per heavy atom. The molecule has 0 unspecified atom stereocenters. The van der Waals surface area contributed by atoms with Crippen molar-refractivity contribution < 1.29 is 18.0 Å². The van der Waals surface area contributed by atoms with Gasteiger partial charge in [0.05, 0.1) is 10.6 Å². The molecule has 0 aliphatic carbocycles. The first kappa shape index (κ1) is 33.0. The van der Waals surface area contributed by atoms with Gasteiger partial charge < -0.3 is 10.2 Å². The summed E-state index contributed by atoms with van der Waals surface area (Å²) < 4.78 is 30.3. The summed E-state index contributed by atoms with van der Waals surface area (Å²) in [7, 11) is -4.14. The Balaban J connectivity index is 1.82. The van der Waals surface area contributed by atoms with Crippen LogP contribution in [0, 0.1) is 13.8 Å². The first-order chi connectivity index (χ1) is 21.0. The Bertz CT molecular complexity index is 1680. The number of sulfonamides is 1. The van der Waals surface area contributed by atoms with Gasteiger partial charge in [-0.05, 0) is 74.7 Å². The minimum Gasteiger partial charge on any atom is -0.352 e. The number of aryl methyl sites for hydroxylation is 2. The minimum atomic E-state index is -4.14. The highest BCUT2D eigenvalue weighted by Gasteiger charge is 2.35. The Morgan fingerprint density at radius 3 is 2.02 bits per heavy atom. The van der Waals surface area contributed by atoms with Crippen molar-refractivity contribution in [2.45, 2.75) is 57.6 Å². The summed E-state index contributed by atoms with van der Waals surface area (Å²) in [5.41, 5.74) is 3.78. The molecular weight excluding hydrogens is 638 g/mol. The Kier molecular flexibility index (Phi) is 11.0. The molecule has 230 valence electrons. The van der Waals surface area contributed by atoms with E-state index in [0.717, 1.165) is 31.0 Å². The summed E-state index contributed by atoms with van der Waals surface area (Å²) in [6.45, 7) is 7.12. The number of nitrogens with zero attached hydrogens (tertiary/aromatic N) is 2. The number of hydrogen-bond acceptors (Lipinski definition) is 4. The van der Waals surface area contributed by atoms with Gasteiger partial charge >= 0.3 is 0 Å². The highest BCUT2D eigenvalue weighted by molar-refractivity contribution is 9.10. The van der Waals surface area contributed by atoms with Gasteiger partial charge in [0.1, 0.15) is 12.6 Å². The van der Waals surface area contributed by atoms with Crippen LogP contribution in [0.5, 0.6) is 0 Å². The third-order valence-corrected chi connectivity index (χ3v) is 9.50. The van der Waals surface area contributed by atoms with Crippen molar-refractivity contribution in [2.75, 3.05) is 10.8 Å². The molecule has 0 saturated heterocycles. The van der Waals surface area contributed by atoms with Crippen LogP contribution >= 0.6 is 15.9 Å². The summed E-state index contributed by atoms with van der Waals surface area (Å²) in [5.74, 6) is -0.800. The van der Waals surface area contributed by atoms with E-state index in [-0.39, 0.29) is 29.8 Å². The van der Waals surface area contributed by atoms with E-state index >= 15 is 0 Å². The van der Waals surface area contributed by atoms with Crippen molar-refractivity contribution in [2.24, 2.45) is 0 Å². The third kappa shape index (κ3) is 8.36. The molecule has 1 atom stereocenters. The number of carbonyl (C=O) groups is 2. The molecule has 0 radical (unpaired) electrons. The highest BCUT2D eigenvalue weighted by atomic mass is 79.9. The number of carbonyl (C=O) groups excluding carboxylic acids is 2. The summed E-state index contributed by atoms with van der Waals surface area (Å²) >= 11 is 3.46. The van der Waals surface area contributed by atoms with Gasteiger partial charge in [-0.15, -0.1) is 0 Å². The lowest BCUT2D eigenvalue weighted by atomic mass is 10.0. The van der Waals surface area contributed by atoms with Crippen molar-refractivity contribution in [1.29, 1.82) is 0 Å². The predicted molar refractivity (Wildman–Crippen MR) is 179 cm³/mol. The third-order valence-electron chi connectivity index (χ3n) is 7.20. The first-order valence-corrected chi connectivity index (χ1v) is 16.7. The van der Waals surface area contributed by atoms with Crippen LogP contribution in [0.25, 0.3) is 0 Å². The molecule has 0 bridgehead atoms. The van der Waals surface area contributed by atoms with Crippen LogP contribution in [-0.2, 0) is 32.6 Å². The normalized spacial score (nSPS) is 12.0. The zero-order valence-corrected chi connectivity index (χ0v) is 27.8. The SMILES string of the molecule is Cc1ccc(N(CC(=O)N(Cc2ccc(Br)cc2)[C@H](Cc2ccccc2)C(=O)NC(C)C)S(=O)(=O)c2ccccc2)c(C)c1. The number of hydrogen-bond donors (Lipinski definition) is 1. The molecule has 0 saturated carbocycles. The monoisotopic (exact) mass is 675 g/mol. The molecule has 9 heteroatoms. The second-order valence-electron chi connectivity index (χ2n) is 11.1. The molecule has 44 heavy (non-hydrogen) atoms. The second kappa shape index (κ2) is 14.7. The van der Waals surface area contributed by atoms with E-state index in [2.05, 4.69) is 21.2 Å². The molecule has 7 nitrogen and oxygen atoms in total. The van der Waals surface area contributed by atoms with Gasteiger partial charge in [0.25, 0.3) is 10.0 Å². The average Bonchev–Trinajstić information content (AvgIpc) is 2.99. The van der Waals surface area contributed by atoms with Crippen LogP contribution in [0.3, 0.4) is 0 Å². The van der Waals surface area contributed by atoms with Gasteiger partial charge in [-0.2, -0.15) is 0 Å². The molecule has 0 heterocycles. The van der Waals surface area contributed by atoms with Crippen LogP contribution in [0.1, 0.15) is 36.1 Å². The van der Waals surface area contributed by atoms with E-state index in [9.17, 15) is 18.0 Å². The largest absolute Gasteiger partial charge is 0.352 e. The van der Waals surface area contributed by atoms with Crippen LogP contribution < -0.4 is 9.62 Å². The van der Waals surface area contributed by atoms with Crippen LogP contribution in [0.4, 0.5) is 5.69 Å². The van der Waals surface area contributed by atoms with Gasteiger partial charge in [0.15, 0.2) is 0 Å². The Morgan fingerprint density at radius 1 is 0.818 bits per heavy atom. The maximum Gasteiger partial charge on any atom is 0.264 e. The fraction of sp³-hybridized carbons (Fsp3) is 0.257. The first-order valence-electron chi connectivity index (χ1n) is 14.5. The van der Waals surface area contributed by atoms with E-state index in [4.69, 9.17) is 0 Å². The summed E-state index contributed by atoms with van der Waals surface area (Å²) in [6, 6.07) is 29.5. The average molecular weight is 677 g/mol. The molecule has 1 N–H and O–H groups in total. The zero-order valence-electron chi connectivity index (χ0n) is 25.4. The standard InChI is InChI=1S/C35H38BrN3O4S/c1-25(2)37-35(41)33(22-28-11-7-5-8-12-28)38(23-29-16-18-30(36)19-17-29)34(40)24-39(32-20-15-26(3)21-27(32)4)44(42,43)31-13-9-6-10-14-31/h5-21,25,33H,22-24H2,1-4H3,(H,37,41)/t33-/m1/s1. The second-order valence-corrected chi connectivity index (χ2v) is 13.9. The molecule has 0 spiro atoms. The zero-order chi connectivity index (χ0) is 31.9. The quantitative estimate of drug-likeness (QED) is 0.188. The van der Waals surface area contributed by atoms with Crippen LogP contribution in [-0.4, -0.2) is 43.8 Å². The minimum absolute atomic E-state index is 0.0746. The molecular formula is C35H38BrN3O4S. The Hall–Kier alpha value is -3.95. The number of benzene rings is 4. The fourth-order valence-corrected chi connectivity index (χ4v) is 6.80. The van der Waals surface area contributed by atoms with E-state index < -0.39 is 28.5 Å². The fourth-order valence-electron chi connectivity index (χ4n) is 5.04. The van der Waals surface area contributed by atoms with E-state index in [1.54, 1.807) is 24.3 Å². The van der Waals surface area contributed by atoms with Gasteiger partial charge in [-0.3, -0.25) is 13.9 Å². The Labute approximate surface area is 269 Å². The molecule has 4 rings (SSSR count). The lowest BCUT2D eigenvalue weighted by Gasteiger charge is -2.34. The lowest BCUT2D eigenvalue weighted by molar-refractivity contribution is -0.140. The van der Waals surface area contributed by atoms with Crippen molar-refractivity contribution >= 4 is 43.5 Å². The molecule has 0 aliphatic rings. The molecule has 0 aromatic heterocycles. The van der Waals surface area contributed by atoms with Crippen molar-refractivity contribution in [1.82, 2.24) is 10.2 Å². The van der Waals surface area contributed by atoms with E-state index in [1.807, 2.05) is 94.4 Å². The van der Waals surface area contributed by atoms with Crippen molar-refractivity contribution in [3.8, 4) is 0 Å². The van der Waals surface area contributed by atoms with E-state index in [1.165, 1.54) is 17.0 Å². The maximum atomic E-state index is 14.5. The summed E-state index contributed by atoms with van der Waals surface area (Å²) in [6.07, 6.45) is 0.261. The number of halogens is 1. The van der Waals surface area contributed by atoms with Crippen molar-refractivity contribution in [3.05, 3.63) is 130 Å². The van der Waals surface area contributed by atoms with Crippen LogP contribution in [0.2, 0.25) is 0 Å². The number of rotatable bonds is 12. The summed E-state index contributed by atoms with van der Waals surface area (Å²) in [4.78, 5) is 29.9. The maximum absolute atomic E-state index is 14.5. The number of anilines is 1. The molecule has 0 fully saturated rings. The lowest BCUT2D eigenvalue weighted by Crippen LogP contribution is -2.54. The summed E-state index contributed by atoms with van der Waals surface area (Å²) in [5, 5.41) is 2.98. The number of amides is 2. The topological polar surface area (TPSA) is 86.8 Å². The van der Waals surface area contributed by atoms with Crippen LogP contribution in [0.15, 0.2) is 112 Å². The van der Waals surface area contributed by atoms with E-state index in [0.29, 0.717) is 5.69 Å². The van der Waals surface area contributed by atoms with Gasteiger partial charge in [-0.25, -0.2) is 8.42 Å². The molecule has 2 amide bonds.